The van der Waals surface area contributed by atoms with Crippen LogP contribution < -0.4 is 5.73 Å². The molecule has 0 aromatic heterocycles. The Kier molecular flexibility index (Phi) is 3.69. The van der Waals surface area contributed by atoms with Gasteiger partial charge >= 0.3 is 5.97 Å². The van der Waals surface area contributed by atoms with Gasteiger partial charge in [-0.1, -0.05) is 0 Å². The number of nitrogens with zero attached hydrogens (tertiary/aromatic N) is 1. The van der Waals surface area contributed by atoms with Gasteiger partial charge in [0, 0.05) is 18.7 Å². The first-order valence-electron chi connectivity index (χ1n) is 6.06. The molecule has 1 heterocycles. The third-order valence-electron chi connectivity index (χ3n) is 3.30. The van der Waals surface area contributed by atoms with E-state index >= 15 is 0 Å². The Labute approximate surface area is 109 Å². The Balaban J connectivity index is 2.14. The molecule has 1 aliphatic heterocycles. The zero-order chi connectivity index (χ0) is 14.0. The molecule has 0 aliphatic carbocycles. The van der Waals surface area contributed by atoms with Gasteiger partial charge in [0.2, 0.25) is 0 Å². The highest BCUT2D eigenvalue weighted by Crippen LogP contribution is 2.20. The largest absolute Gasteiger partial charge is 0.481 e. The minimum absolute atomic E-state index is 0.0855. The van der Waals surface area contributed by atoms with Crippen molar-refractivity contribution in [2.45, 2.75) is 12.8 Å². The number of benzene rings is 1. The minimum atomic E-state index is -0.892. The van der Waals surface area contributed by atoms with Gasteiger partial charge in [-0.05, 0) is 31.0 Å². The minimum Gasteiger partial charge on any atom is -0.481 e. The van der Waals surface area contributed by atoms with Gasteiger partial charge < -0.3 is 15.7 Å². The maximum Gasteiger partial charge on any atom is 0.308 e. The first kappa shape index (κ1) is 13.3. The van der Waals surface area contributed by atoms with E-state index in [4.69, 9.17) is 10.8 Å². The number of rotatable bonds is 2. The molecule has 6 heteroatoms. The average molecular weight is 266 g/mol. The SMILES string of the molecule is Nc1cc(C(=O)N2CCCC(C(=O)O)C2)ccc1F. The van der Waals surface area contributed by atoms with Crippen LogP contribution in [0.25, 0.3) is 0 Å². The van der Waals surface area contributed by atoms with Crippen molar-refractivity contribution in [3.63, 3.8) is 0 Å². The molecular weight excluding hydrogens is 251 g/mol. The fraction of sp³-hybridized carbons (Fsp3) is 0.385. The van der Waals surface area contributed by atoms with Gasteiger partial charge in [-0.25, -0.2) is 4.39 Å². The Bertz CT molecular complexity index is 519. The van der Waals surface area contributed by atoms with Crippen LogP contribution in [0.3, 0.4) is 0 Å². The lowest BCUT2D eigenvalue weighted by molar-refractivity contribution is -0.143. The van der Waals surface area contributed by atoms with E-state index in [1.807, 2.05) is 0 Å². The molecule has 1 aliphatic rings. The van der Waals surface area contributed by atoms with Crippen molar-refractivity contribution in [1.82, 2.24) is 4.90 Å². The number of aliphatic carboxylic acids is 1. The van der Waals surface area contributed by atoms with Crippen LogP contribution in [0, 0.1) is 11.7 Å². The Hall–Kier alpha value is -2.11. The summed E-state index contributed by atoms with van der Waals surface area (Å²) < 4.78 is 13.0. The summed E-state index contributed by atoms with van der Waals surface area (Å²) in [7, 11) is 0. The molecule has 0 radical (unpaired) electrons. The quantitative estimate of drug-likeness (QED) is 0.791. The van der Waals surface area contributed by atoms with Gasteiger partial charge in [0.1, 0.15) is 5.82 Å². The van der Waals surface area contributed by atoms with Crippen LogP contribution in [0.2, 0.25) is 0 Å². The lowest BCUT2D eigenvalue weighted by Crippen LogP contribution is -2.42. The van der Waals surface area contributed by atoms with Crippen LogP contribution in [0.4, 0.5) is 10.1 Å². The van der Waals surface area contributed by atoms with Gasteiger partial charge in [0.05, 0.1) is 11.6 Å². The maximum absolute atomic E-state index is 13.0. The van der Waals surface area contributed by atoms with E-state index in [1.165, 1.54) is 17.0 Å². The molecule has 5 nitrogen and oxygen atoms in total. The predicted octanol–water partition coefficient (Wildman–Crippen LogP) is 1.34. The number of nitrogens with two attached hydrogens (primary N) is 1. The zero-order valence-corrected chi connectivity index (χ0v) is 10.3. The van der Waals surface area contributed by atoms with Gasteiger partial charge in [-0.3, -0.25) is 9.59 Å². The predicted molar refractivity (Wildman–Crippen MR) is 67.1 cm³/mol. The summed E-state index contributed by atoms with van der Waals surface area (Å²) in [6.07, 6.45) is 1.23. The van der Waals surface area contributed by atoms with E-state index in [0.29, 0.717) is 19.4 Å². The lowest BCUT2D eigenvalue weighted by atomic mass is 9.97. The highest BCUT2D eigenvalue weighted by atomic mass is 19.1. The number of hydrogen-bond donors (Lipinski definition) is 2. The van der Waals surface area contributed by atoms with Crippen molar-refractivity contribution in [2.75, 3.05) is 18.8 Å². The van der Waals surface area contributed by atoms with E-state index in [-0.39, 0.29) is 23.7 Å². The lowest BCUT2D eigenvalue weighted by Gasteiger charge is -2.30. The molecule has 0 spiro atoms. The normalized spacial score (nSPS) is 19.2. The number of likely N-dealkylation sites (tertiary alicyclic amines) is 1. The van der Waals surface area contributed by atoms with Crippen molar-refractivity contribution >= 4 is 17.6 Å². The molecule has 1 atom stereocenters. The molecule has 1 unspecified atom stereocenters. The van der Waals surface area contributed by atoms with Crippen LogP contribution in [-0.2, 0) is 4.79 Å². The summed E-state index contributed by atoms with van der Waals surface area (Å²) in [5.41, 5.74) is 5.62. The second-order valence-electron chi connectivity index (χ2n) is 4.66. The third-order valence-corrected chi connectivity index (χ3v) is 3.30. The topological polar surface area (TPSA) is 83.6 Å². The van der Waals surface area contributed by atoms with Gasteiger partial charge in [-0.15, -0.1) is 0 Å². The smallest absolute Gasteiger partial charge is 0.308 e. The highest BCUT2D eigenvalue weighted by Gasteiger charge is 2.28. The van der Waals surface area contributed by atoms with Crippen LogP contribution in [0.5, 0.6) is 0 Å². The number of carbonyl (C=O) groups excluding carboxylic acids is 1. The number of carboxylic acids is 1. The average Bonchev–Trinajstić information content (AvgIpc) is 2.41. The molecule has 1 fully saturated rings. The number of piperidine rings is 1. The second-order valence-corrected chi connectivity index (χ2v) is 4.66. The monoisotopic (exact) mass is 266 g/mol. The van der Waals surface area contributed by atoms with Crippen LogP contribution in [-0.4, -0.2) is 35.0 Å². The molecular formula is C13H15FN2O3. The van der Waals surface area contributed by atoms with Gasteiger partial charge in [0.25, 0.3) is 5.91 Å². The van der Waals surface area contributed by atoms with E-state index < -0.39 is 17.7 Å². The molecule has 102 valence electrons. The summed E-state index contributed by atoms with van der Waals surface area (Å²) in [4.78, 5) is 24.6. The molecule has 2 rings (SSSR count). The third kappa shape index (κ3) is 2.83. The van der Waals surface area contributed by atoms with Crippen molar-refractivity contribution in [2.24, 2.45) is 5.92 Å². The number of anilines is 1. The summed E-state index contributed by atoms with van der Waals surface area (Å²) in [5.74, 6) is -2.30. The van der Waals surface area contributed by atoms with Gasteiger partial charge in [0.15, 0.2) is 0 Å². The Morgan fingerprint density at radius 1 is 1.42 bits per heavy atom. The summed E-state index contributed by atoms with van der Waals surface area (Å²) in [5, 5.41) is 8.98. The summed E-state index contributed by atoms with van der Waals surface area (Å²) in [6, 6.07) is 3.78. The fourth-order valence-corrected chi connectivity index (χ4v) is 2.22. The molecule has 1 aromatic rings. The fourth-order valence-electron chi connectivity index (χ4n) is 2.22. The number of carboxylic acid groups (broad SMARTS) is 1. The second kappa shape index (κ2) is 5.26. The Morgan fingerprint density at radius 3 is 2.79 bits per heavy atom. The first-order valence-corrected chi connectivity index (χ1v) is 6.06. The molecule has 0 bridgehead atoms. The molecule has 1 aromatic carbocycles. The van der Waals surface area contributed by atoms with Crippen molar-refractivity contribution in [3.05, 3.63) is 29.6 Å². The number of carbonyl (C=O) groups is 2. The maximum atomic E-state index is 13.0. The molecule has 1 amide bonds. The molecule has 3 N–H and O–H groups in total. The van der Waals surface area contributed by atoms with Crippen LogP contribution >= 0.6 is 0 Å². The van der Waals surface area contributed by atoms with E-state index in [0.717, 1.165) is 6.07 Å². The van der Waals surface area contributed by atoms with Crippen LogP contribution in [0.1, 0.15) is 23.2 Å². The van der Waals surface area contributed by atoms with Crippen molar-refractivity contribution < 1.29 is 19.1 Å². The van der Waals surface area contributed by atoms with E-state index in [2.05, 4.69) is 0 Å². The highest BCUT2D eigenvalue weighted by molar-refractivity contribution is 5.95. The molecule has 19 heavy (non-hydrogen) atoms. The standard InChI is InChI=1S/C13H15FN2O3/c14-10-4-3-8(6-11(10)15)12(17)16-5-1-2-9(7-16)13(18)19/h3-4,6,9H,1-2,5,7,15H2,(H,18,19). The van der Waals surface area contributed by atoms with Crippen molar-refractivity contribution in [1.29, 1.82) is 0 Å². The van der Waals surface area contributed by atoms with Gasteiger partial charge in [-0.2, -0.15) is 0 Å². The summed E-state index contributed by atoms with van der Waals surface area (Å²) >= 11 is 0. The number of nitrogen functional groups attached to an aromatic ring is 1. The van der Waals surface area contributed by atoms with E-state index in [9.17, 15) is 14.0 Å². The number of amides is 1. The zero-order valence-electron chi connectivity index (χ0n) is 10.3. The molecule has 1 saturated heterocycles. The van der Waals surface area contributed by atoms with Crippen LogP contribution in [0.15, 0.2) is 18.2 Å². The Morgan fingerprint density at radius 2 is 2.16 bits per heavy atom. The molecule has 0 saturated carbocycles. The van der Waals surface area contributed by atoms with Crippen molar-refractivity contribution in [3.8, 4) is 0 Å². The van der Waals surface area contributed by atoms with E-state index in [1.54, 1.807) is 0 Å². The number of halogens is 1. The first-order chi connectivity index (χ1) is 8.99. The number of hydrogen-bond acceptors (Lipinski definition) is 3. The summed E-state index contributed by atoms with van der Waals surface area (Å²) in [6.45, 7) is 0.700.